The van der Waals surface area contributed by atoms with E-state index in [2.05, 4.69) is 25.7 Å². The minimum atomic E-state index is -0.433. The van der Waals surface area contributed by atoms with Gasteiger partial charge in [-0.1, -0.05) is 0 Å². The lowest BCUT2D eigenvalue weighted by Crippen LogP contribution is -2.61. The Kier molecular flexibility index (Phi) is 3.26. The molecule has 2 aliphatic rings. The van der Waals surface area contributed by atoms with Crippen molar-refractivity contribution < 1.29 is 14.3 Å². The van der Waals surface area contributed by atoms with E-state index in [4.69, 9.17) is 4.74 Å². The predicted octanol–water partition coefficient (Wildman–Crippen LogP) is 1.77. The summed E-state index contributed by atoms with van der Waals surface area (Å²) in [5.41, 5.74) is -0.550. The summed E-state index contributed by atoms with van der Waals surface area (Å²) in [6, 6.07) is -0.376. The second-order valence-corrected chi connectivity index (χ2v) is 6.35. The first kappa shape index (κ1) is 13.5. The van der Waals surface area contributed by atoms with Gasteiger partial charge in [-0.3, -0.25) is 14.5 Å². The summed E-state index contributed by atoms with van der Waals surface area (Å²) in [5, 5.41) is 0. The van der Waals surface area contributed by atoms with Crippen LogP contribution in [0.5, 0.6) is 0 Å². The first-order chi connectivity index (χ1) is 8.33. The minimum Gasteiger partial charge on any atom is -0.465 e. The van der Waals surface area contributed by atoms with Crippen LogP contribution in [0.1, 0.15) is 47.0 Å². The Balaban J connectivity index is 2.31. The van der Waals surface area contributed by atoms with Gasteiger partial charge in [0.1, 0.15) is 11.8 Å². The number of ether oxygens (including phenoxy) is 1. The summed E-state index contributed by atoms with van der Waals surface area (Å²) in [4.78, 5) is 26.5. The van der Waals surface area contributed by atoms with Gasteiger partial charge in [0.25, 0.3) is 0 Å². The van der Waals surface area contributed by atoms with Crippen LogP contribution in [-0.2, 0) is 14.3 Å². The van der Waals surface area contributed by atoms with Gasteiger partial charge in [-0.25, -0.2) is 0 Å². The smallest absolute Gasteiger partial charge is 0.324 e. The van der Waals surface area contributed by atoms with Crippen molar-refractivity contribution in [3.05, 3.63) is 0 Å². The summed E-state index contributed by atoms with van der Waals surface area (Å²) in [6.07, 6.45) is 2.23. The molecule has 1 aliphatic carbocycles. The number of carbonyl (C=O) groups excluding carboxylic acids is 2. The molecular formula is C14H23NO3. The van der Waals surface area contributed by atoms with Gasteiger partial charge in [-0.05, 0) is 40.5 Å². The number of Topliss-reactive ketones (excluding diaryl/α,β-unsaturated/α-hetero) is 1. The number of hydrogen-bond donors (Lipinski definition) is 0. The average Bonchev–Trinajstić information content (AvgIpc) is 3.02. The van der Waals surface area contributed by atoms with E-state index in [0.29, 0.717) is 19.6 Å². The SMILES string of the molecule is CCOC(=O)C1N(C(C)(C)C)CCC(=O)C12CC2. The number of piperidine rings is 1. The van der Waals surface area contributed by atoms with Crippen molar-refractivity contribution in [3.8, 4) is 0 Å². The van der Waals surface area contributed by atoms with Crippen molar-refractivity contribution in [2.45, 2.75) is 58.5 Å². The zero-order chi connectivity index (χ0) is 13.6. The lowest BCUT2D eigenvalue weighted by atomic mass is 9.82. The standard InChI is InChI=1S/C14H23NO3/c1-5-18-12(17)11-14(7-8-14)10(16)6-9-15(11)13(2,3)4/h11H,5-9H2,1-4H3. The van der Waals surface area contributed by atoms with Crippen LogP contribution in [0.2, 0.25) is 0 Å². The van der Waals surface area contributed by atoms with Crippen molar-refractivity contribution in [1.29, 1.82) is 0 Å². The van der Waals surface area contributed by atoms with E-state index in [1.54, 1.807) is 0 Å². The van der Waals surface area contributed by atoms with Gasteiger partial charge in [0, 0.05) is 18.5 Å². The molecule has 4 nitrogen and oxygen atoms in total. The Labute approximate surface area is 109 Å². The maximum Gasteiger partial charge on any atom is 0.324 e. The zero-order valence-corrected chi connectivity index (χ0v) is 11.8. The number of ketones is 1. The first-order valence-corrected chi connectivity index (χ1v) is 6.79. The van der Waals surface area contributed by atoms with Crippen LogP contribution in [0.15, 0.2) is 0 Å². The second kappa shape index (κ2) is 4.34. The molecule has 0 amide bonds. The number of esters is 1. The molecule has 1 aliphatic heterocycles. The Morgan fingerprint density at radius 3 is 2.50 bits per heavy atom. The maximum absolute atomic E-state index is 12.2. The van der Waals surface area contributed by atoms with Gasteiger partial charge in [0.05, 0.1) is 12.0 Å². The second-order valence-electron chi connectivity index (χ2n) is 6.35. The number of nitrogens with zero attached hydrogens (tertiary/aromatic N) is 1. The molecular weight excluding hydrogens is 230 g/mol. The van der Waals surface area contributed by atoms with Gasteiger partial charge in [-0.2, -0.15) is 0 Å². The summed E-state index contributed by atoms with van der Waals surface area (Å²) < 4.78 is 5.20. The van der Waals surface area contributed by atoms with E-state index >= 15 is 0 Å². The fourth-order valence-corrected chi connectivity index (χ4v) is 3.03. The molecule has 0 aromatic rings. The number of likely N-dealkylation sites (tertiary alicyclic amines) is 1. The first-order valence-electron chi connectivity index (χ1n) is 6.79. The molecule has 1 heterocycles. The molecule has 1 saturated heterocycles. The zero-order valence-electron chi connectivity index (χ0n) is 11.8. The van der Waals surface area contributed by atoms with Crippen molar-refractivity contribution >= 4 is 11.8 Å². The van der Waals surface area contributed by atoms with Crippen LogP contribution in [0.3, 0.4) is 0 Å². The van der Waals surface area contributed by atoms with Crippen molar-refractivity contribution in [2.75, 3.05) is 13.2 Å². The van der Waals surface area contributed by atoms with Crippen LogP contribution in [0.25, 0.3) is 0 Å². The third kappa shape index (κ3) is 2.07. The molecule has 4 heteroatoms. The fourth-order valence-electron chi connectivity index (χ4n) is 3.03. The summed E-state index contributed by atoms with van der Waals surface area (Å²) in [7, 11) is 0. The topological polar surface area (TPSA) is 46.6 Å². The molecule has 1 spiro atoms. The maximum atomic E-state index is 12.2. The number of carbonyl (C=O) groups is 2. The van der Waals surface area contributed by atoms with Crippen LogP contribution in [0, 0.1) is 5.41 Å². The van der Waals surface area contributed by atoms with E-state index < -0.39 is 5.41 Å². The van der Waals surface area contributed by atoms with Gasteiger partial charge in [0.15, 0.2) is 0 Å². The van der Waals surface area contributed by atoms with E-state index in [1.165, 1.54) is 0 Å². The molecule has 1 atom stereocenters. The van der Waals surface area contributed by atoms with Crippen molar-refractivity contribution in [1.82, 2.24) is 4.90 Å². The molecule has 0 bridgehead atoms. The Bertz CT molecular complexity index is 366. The fraction of sp³-hybridized carbons (Fsp3) is 0.857. The normalized spacial score (nSPS) is 27.3. The molecule has 102 valence electrons. The van der Waals surface area contributed by atoms with Crippen molar-refractivity contribution in [3.63, 3.8) is 0 Å². The quantitative estimate of drug-likeness (QED) is 0.704. The molecule has 0 aromatic heterocycles. The Morgan fingerprint density at radius 2 is 2.06 bits per heavy atom. The lowest BCUT2D eigenvalue weighted by Gasteiger charge is -2.46. The van der Waals surface area contributed by atoms with E-state index in [1.807, 2.05) is 6.92 Å². The summed E-state index contributed by atoms with van der Waals surface area (Å²) in [5.74, 6) is 0.0269. The molecule has 1 unspecified atom stereocenters. The van der Waals surface area contributed by atoms with Gasteiger partial charge < -0.3 is 4.74 Å². The monoisotopic (exact) mass is 253 g/mol. The Hall–Kier alpha value is -0.900. The molecule has 2 rings (SSSR count). The summed E-state index contributed by atoms with van der Waals surface area (Å²) >= 11 is 0. The molecule has 18 heavy (non-hydrogen) atoms. The largest absolute Gasteiger partial charge is 0.465 e. The van der Waals surface area contributed by atoms with E-state index in [-0.39, 0.29) is 23.3 Å². The van der Waals surface area contributed by atoms with Crippen LogP contribution in [0.4, 0.5) is 0 Å². The Morgan fingerprint density at radius 1 is 1.44 bits per heavy atom. The van der Waals surface area contributed by atoms with Gasteiger partial charge in [0.2, 0.25) is 0 Å². The van der Waals surface area contributed by atoms with E-state index in [0.717, 1.165) is 12.8 Å². The predicted molar refractivity (Wildman–Crippen MR) is 68.2 cm³/mol. The highest BCUT2D eigenvalue weighted by molar-refractivity contribution is 5.95. The molecule has 1 saturated carbocycles. The highest BCUT2D eigenvalue weighted by Gasteiger charge is 2.63. The van der Waals surface area contributed by atoms with Gasteiger partial charge in [-0.15, -0.1) is 0 Å². The van der Waals surface area contributed by atoms with Crippen LogP contribution >= 0.6 is 0 Å². The molecule has 0 N–H and O–H groups in total. The average molecular weight is 253 g/mol. The van der Waals surface area contributed by atoms with Gasteiger partial charge >= 0.3 is 5.97 Å². The van der Waals surface area contributed by atoms with Crippen molar-refractivity contribution in [2.24, 2.45) is 5.41 Å². The molecule has 2 fully saturated rings. The molecule has 0 radical (unpaired) electrons. The van der Waals surface area contributed by atoms with Crippen LogP contribution < -0.4 is 0 Å². The van der Waals surface area contributed by atoms with Crippen LogP contribution in [-0.4, -0.2) is 41.4 Å². The highest BCUT2D eigenvalue weighted by Crippen LogP contribution is 2.55. The number of rotatable bonds is 2. The number of hydrogen-bond acceptors (Lipinski definition) is 4. The minimum absolute atomic E-state index is 0.117. The third-order valence-electron chi connectivity index (χ3n) is 4.13. The summed E-state index contributed by atoms with van der Waals surface area (Å²) in [6.45, 7) is 9.11. The highest BCUT2D eigenvalue weighted by atomic mass is 16.5. The molecule has 0 aromatic carbocycles. The third-order valence-corrected chi connectivity index (χ3v) is 4.13. The lowest BCUT2D eigenvalue weighted by molar-refractivity contribution is -0.162. The van der Waals surface area contributed by atoms with E-state index in [9.17, 15) is 9.59 Å².